The lowest BCUT2D eigenvalue weighted by molar-refractivity contribution is -0.143. The van der Waals surface area contributed by atoms with E-state index in [0.717, 1.165) is 56.8 Å². The van der Waals surface area contributed by atoms with Gasteiger partial charge in [-0.3, -0.25) is 14.5 Å². The Bertz CT molecular complexity index is 1600. The van der Waals surface area contributed by atoms with E-state index in [1.165, 1.54) is 12.1 Å². The van der Waals surface area contributed by atoms with Crippen LogP contribution in [0.1, 0.15) is 93.2 Å². The van der Waals surface area contributed by atoms with E-state index in [2.05, 4.69) is 4.90 Å². The first-order chi connectivity index (χ1) is 24.8. The summed E-state index contributed by atoms with van der Waals surface area (Å²) in [6, 6.07) is 11.2. The Morgan fingerprint density at radius 1 is 0.981 bits per heavy atom. The summed E-state index contributed by atoms with van der Waals surface area (Å²) in [6.45, 7) is 4.35. The van der Waals surface area contributed by atoms with Gasteiger partial charge in [-0.05, 0) is 92.7 Å². The summed E-state index contributed by atoms with van der Waals surface area (Å²) in [4.78, 5) is 32.0. The number of anilines is 1. The molecule has 5 fully saturated rings. The number of benzene rings is 2. The Hall–Kier alpha value is -3.38. The number of rotatable bonds is 8. The van der Waals surface area contributed by atoms with E-state index in [-0.39, 0.29) is 36.6 Å². The van der Waals surface area contributed by atoms with E-state index >= 15 is 4.39 Å². The molecule has 52 heavy (non-hydrogen) atoms. The molecule has 0 unspecified atom stereocenters. The van der Waals surface area contributed by atoms with Crippen molar-refractivity contribution in [1.29, 1.82) is 0 Å². The minimum absolute atomic E-state index is 0.0109. The van der Waals surface area contributed by atoms with Gasteiger partial charge in [0, 0.05) is 69.4 Å². The zero-order valence-corrected chi connectivity index (χ0v) is 30.2. The molecule has 8 nitrogen and oxygen atoms in total. The molecule has 4 atom stereocenters. The SMILES string of the molecule is CC[C@H]1CN(C(=O)[C@]2(F)CN([C@H]3CC[C@]4(CCCO4)CC3)C[C@H]2c2ccc(OC)cc2)C[C@@H]1c1ccc(C(F)(F)F)cc1N1CCC(C(=O)O)CC1. The van der Waals surface area contributed by atoms with Crippen LogP contribution in [-0.2, 0) is 20.5 Å². The van der Waals surface area contributed by atoms with Crippen molar-refractivity contribution in [2.45, 2.75) is 100 Å². The molecule has 1 amide bonds. The zero-order valence-electron chi connectivity index (χ0n) is 30.2. The summed E-state index contributed by atoms with van der Waals surface area (Å²) >= 11 is 0. The highest BCUT2D eigenvalue weighted by Gasteiger charge is 2.58. The summed E-state index contributed by atoms with van der Waals surface area (Å²) in [7, 11) is 1.58. The molecule has 1 spiro atoms. The van der Waals surface area contributed by atoms with Gasteiger partial charge in [-0.2, -0.15) is 13.2 Å². The molecule has 4 saturated heterocycles. The molecule has 0 bridgehead atoms. The Morgan fingerprint density at radius 2 is 1.69 bits per heavy atom. The number of carboxylic acids is 1. The van der Waals surface area contributed by atoms with E-state index in [4.69, 9.17) is 9.47 Å². The van der Waals surface area contributed by atoms with Gasteiger partial charge in [-0.15, -0.1) is 0 Å². The fraction of sp³-hybridized carbons (Fsp3) is 0.650. The summed E-state index contributed by atoms with van der Waals surface area (Å²) in [5, 5.41) is 9.53. The van der Waals surface area contributed by atoms with Crippen LogP contribution in [0.2, 0.25) is 0 Å². The zero-order chi connectivity index (χ0) is 36.8. The van der Waals surface area contributed by atoms with Crippen LogP contribution in [0.3, 0.4) is 0 Å². The molecule has 5 aliphatic rings. The minimum Gasteiger partial charge on any atom is -0.497 e. The van der Waals surface area contributed by atoms with E-state index in [1.807, 2.05) is 24.0 Å². The number of aliphatic carboxylic acids is 1. The van der Waals surface area contributed by atoms with E-state index in [1.54, 1.807) is 24.1 Å². The molecule has 7 rings (SSSR count). The number of halogens is 4. The van der Waals surface area contributed by atoms with E-state index in [9.17, 15) is 27.9 Å². The lowest BCUT2D eigenvalue weighted by Gasteiger charge is -2.40. The third-order valence-corrected chi connectivity index (χ3v) is 13.0. The van der Waals surface area contributed by atoms with Gasteiger partial charge >= 0.3 is 12.1 Å². The Kier molecular flexibility index (Phi) is 10.3. The van der Waals surface area contributed by atoms with Crippen LogP contribution < -0.4 is 9.64 Å². The highest BCUT2D eigenvalue weighted by Crippen LogP contribution is 2.49. The second kappa shape index (κ2) is 14.5. The van der Waals surface area contributed by atoms with Crippen molar-refractivity contribution in [3.05, 3.63) is 59.2 Å². The molecule has 2 aromatic carbocycles. The lowest BCUT2D eigenvalue weighted by Crippen LogP contribution is -2.51. The maximum absolute atomic E-state index is 17.9. The van der Waals surface area contributed by atoms with Crippen molar-refractivity contribution in [1.82, 2.24) is 9.80 Å². The minimum atomic E-state index is -4.55. The van der Waals surface area contributed by atoms with Crippen LogP contribution in [0.5, 0.6) is 5.75 Å². The number of carboxylic acid groups (broad SMARTS) is 1. The molecular formula is C40H51F4N3O5. The van der Waals surface area contributed by atoms with Gasteiger partial charge < -0.3 is 24.4 Å². The third-order valence-electron chi connectivity index (χ3n) is 13.0. The molecule has 1 N–H and O–H groups in total. The van der Waals surface area contributed by atoms with Crippen molar-refractivity contribution in [2.24, 2.45) is 11.8 Å². The van der Waals surface area contributed by atoms with E-state index < -0.39 is 41.1 Å². The van der Waals surface area contributed by atoms with Gasteiger partial charge in [0.1, 0.15) is 5.75 Å². The maximum atomic E-state index is 17.9. The predicted octanol–water partition coefficient (Wildman–Crippen LogP) is 7.27. The van der Waals surface area contributed by atoms with Crippen LogP contribution in [0.25, 0.3) is 0 Å². The molecule has 4 aliphatic heterocycles. The van der Waals surface area contributed by atoms with Gasteiger partial charge in [-0.25, -0.2) is 4.39 Å². The smallest absolute Gasteiger partial charge is 0.416 e. The van der Waals surface area contributed by atoms with E-state index in [0.29, 0.717) is 62.4 Å². The normalized spacial score (nSPS) is 31.8. The standard InChI is InChI=1S/C40H51F4N3O5/c1-3-26-22-46(23-33(26)32-10-7-29(40(42,43)44)21-35(32)45-18-13-28(14-19-45)36(48)49)37(50)39(41)25-47(24-34(39)27-5-8-31(51-2)9-6-27)30-11-16-38(17-12-30)15-4-20-52-38/h5-10,21,26,28,30,33-34H,3-4,11-20,22-25H2,1-2H3,(H,48,49)/t26-,30-,33-,34-,38+,39-/m0/s1. The highest BCUT2D eigenvalue weighted by molar-refractivity contribution is 5.88. The van der Waals surface area contributed by atoms with Crippen LogP contribution in [0.15, 0.2) is 42.5 Å². The Morgan fingerprint density at radius 3 is 2.29 bits per heavy atom. The number of amides is 1. The van der Waals surface area contributed by atoms with Crippen LogP contribution in [0, 0.1) is 11.8 Å². The number of carbonyl (C=O) groups is 2. The molecular weight excluding hydrogens is 678 g/mol. The number of nitrogens with zero attached hydrogens (tertiary/aromatic N) is 3. The first-order valence-electron chi connectivity index (χ1n) is 19.0. The summed E-state index contributed by atoms with van der Waals surface area (Å²) in [5.74, 6) is -2.42. The molecule has 12 heteroatoms. The van der Waals surface area contributed by atoms with Crippen LogP contribution >= 0.6 is 0 Å². The highest BCUT2D eigenvalue weighted by atomic mass is 19.4. The number of hydrogen-bond acceptors (Lipinski definition) is 6. The first-order valence-corrected chi connectivity index (χ1v) is 19.0. The van der Waals surface area contributed by atoms with Crippen molar-refractivity contribution in [3.8, 4) is 5.75 Å². The summed E-state index contributed by atoms with van der Waals surface area (Å²) < 4.78 is 71.4. The van der Waals surface area contributed by atoms with Crippen LogP contribution in [0.4, 0.5) is 23.2 Å². The van der Waals surface area contributed by atoms with Gasteiger partial charge in [0.2, 0.25) is 5.67 Å². The molecule has 2 aromatic rings. The number of piperidine rings is 1. The topological polar surface area (TPSA) is 82.6 Å². The maximum Gasteiger partial charge on any atom is 0.416 e. The third kappa shape index (κ3) is 7.01. The first kappa shape index (κ1) is 37.0. The molecule has 0 radical (unpaired) electrons. The number of hydrogen-bond donors (Lipinski definition) is 1. The number of carbonyl (C=O) groups excluding carboxylic acids is 1. The summed E-state index contributed by atoms with van der Waals surface area (Å²) in [6.07, 6.45) is 2.57. The van der Waals surface area contributed by atoms with Gasteiger partial charge in [0.25, 0.3) is 5.91 Å². The van der Waals surface area contributed by atoms with Crippen molar-refractivity contribution in [2.75, 3.05) is 57.9 Å². The number of likely N-dealkylation sites (tertiary alicyclic amines) is 2. The van der Waals surface area contributed by atoms with Crippen molar-refractivity contribution >= 4 is 17.6 Å². The van der Waals surface area contributed by atoms with Gasteiger partial charge in [0.05, 0.1) is 24.2 Å². The molecule has 284 valence electrons. The number of methoxy groups -OCH3 is 1. The average Bonchev–Trinajstić information content (AvgIpc) is 3.89. The predicted molar refractivity (Wildman–Crippen MR) is 188 cm³/mol. The summed E-state index contributed by atoms with van der Waals surface area (Å²) in [5.41, 5.74) is -1.16. The van der Waals surface area contributed by atoms with Gasteiger partial charge in [-0.1, -0.05) is 31.5 Å². The fourth-order valence-corrected chi connectivity index (χ4v) is 9.93. The molecule has 0 aromatic heterocycles. The molecule has 4 heterocycles. The largest absolute Gasteiger partial charge is 0.497 e. The second-order valence-electron chi connectivity index (χ2n) is 15.8. The average molecular weight is 730 g/mol. The Balaban J connectivity index is 1.16. The number of ether oxygens (including phenoxy) is 2. The quantitative estimate of drug-likeness (QED) is 0.287. The van der Waals surface area contributed by atoms with Crippen molar-refractivity contribution < 1.29 is 41.7 Å². The second-order valence-corrected chi connectivity index (χ2v) is 15.8. The Labute approximate surface area is 303 Å². The lowest BCUT2D eigenvalue weighted by atomic mass is 9.80. The monoisotopic (exact) mass is 729 g/mol. The molecule has 1 saturated carbocycles. The number of alkyl halides is 4. The van der Waals surface area contributed by atoms with Gasteiger partial charge in [0.15, 0.2) is 0 Å². The molecule has 1 aliphatic carbocycles. The van der Waals surface area contributed by atoms with Crippen molar-refractivity contribution in [3.63, 3.8) is 0 Å². The fourth-order valence-electron chi connectivity index (χ4n) is 9.93. The van der Waals surface area contributed by atoms with Crippen LogP contribution in [-0.4, -0.2) is 97.1 Å².